The molecule has 0 aliphatic heterocycles. The first-order chi connectivity index (χ1) is 8.83. The number of nitrogens with zero attached hydrogens (tertiary/aromatic N) is 2. The van der Waals surface area contributed by atoms with Gasteiger partial charge in [-0.2, -0.15) is 0 Å². The molecule has 88 valence electrons. The molecular formula is C14H9BrN2O. The van der Waals surface area contributed by atoms with Crippen molar-refractivity contribution < 1.29 is 4.42 Å². The Morgan fingerprint density at radius 2 is 1.28 bits per heavy atom. The molecule has 3 rings (SSSR count). The lowest BCUT2D eigenvalue weighted by atomic mass is 10.2. The van der Waals surface area contributed by atoms with Crippen LogP contribution in [0.5, 0.6) is 0 Å². The Balaban J connectivity index is 1.97. The van der Waals surface area contributed by atoms with Crippen LogP contribution in [0, 0.1) is 0 Å². The van der Waals surface area contributed by atoms with Crippen LogP contribution in [0.2, 0.25) is 0 Å². The Kier molecular flexibility index (Phi) is 2.94. The van der Waals surface area contributed by atoms with Gasteiger partial charge < -0.3 is 4.42 Å². The molecule has 1 aromatic heterocycles. The van der Waals surface area contributed by atoms with Crippen LogP contribution < -0.4 is 0 Å². The largest absolute Gasteiger partial charge is 0.416 e. The number of rotatable bonds is 2. The maximum Gasteiger partial charge on any atom is 0.248 e. The normalized spacial score (nSPS) is 10.5. The van der Waals surface area contributed by atoms with Crippen molar-refractivity contribution in [3.63, 3.8) is 0 Å². The van der Waals surface area contributed by atoms with Gasteiger partial charge in [0.2, 0.25) is 11.8 Å². The van der Waals surface area contributed by atoms with Gasteiger partial charge in [0, 0.05) is 15.6 Å². The Morgan fingerprint density at radius 1 is 0.722 bits per heavy atom. The first-order valence-electron chi connectivity index (χ1n) is 5.48. The van der Waals surface area contributed by atoms with E-state index in [1.807, 2.05) is 54.6 Å². The summed E-state index contributed by atoms with van der Waals surface area (Å²) in [5.41, 5.74) is 1.83. The Morgan fingerprint density at radius 3 is 1.89 bits per heavy atom. The third kappa shape index (κ3) is 2.19. The van der Waals surface area contributed by atoms with E-state index in [0.29, 0.717) is 11.8 Å². The number of halogens is 1. The van der Waals surface area contributed by atoms with Gasteiger partial charge >= 0.3 is 0 Å². The van der Waals surface area contributed by atoms with Gasteiger partial charge in [0.25, 0.3) is 0 Å². The zero-order valence-corrected chi connectivity index (χ0v) is 11.0. The lowest BCUT2D eigenvalue weighted by Crippen LogP contribution is -1.76. The molecule has 0 aliphatic carbocycles. The van der Waals surface area contributed by atoms with Gasteiger partial charge in [0.05, 0.1) is 0 Å². The molecule has 2 aromatic carbocycles. The van der Waals surface area contributed by atoms with Crippen LogP contribution in [-0.2, 0) is 0 Å². The molecule has 0 saturated heterocycles. The second-order valence-electron chi connectivity index (χ2n) is 3.79. The quantitative estimate of drug-likeness (QED) is 0.713. The van der Waals surface area contributed by atoms with E-state index in [0.717, 1.165) is 15.6 Å². The Bertz CT molecular complexity index is 647. The van der Waals surface area contributed by atoms with Gasteiger partial charge in [-0.15, -0.1) is 10.2 Å². The maximum absolute atomic E-state index is 5.66. The highest BCUT2D eigenvalue weighted by Crippen LogP contribution is 2.24. The summed E-state index contributed by atoms with van der Waals surface area (Å²) in [7, 11) is 0. The van der Waals surface area contributed by atoms with Crippen LogP contribution in [0.15, 0.2) is 63.5 Å². The predicted octanol–water partition coefficient (Wildman–Crippen LogP) is 4.17. The maximum atomic E-state index is 5.66. The molecule has 3 nitrogen and oxygen atoms in total. The van der Waals surface area contributed by atoms with Crippen molar-refractivity contribution >= 4 is 15.9 Å². The van der Waals surface area contributed by atoms with Crippen molar-refractivity contribution in [3.05, 3.63) is 59.1 Å². The lowest BCUT2D eigenvalue weighted by molar-refractivity contribution is 0.584. The SMILES string of the molecule is Brc1ccc(-c2nnc(-c3ccccc3)o2)cc1. The fourth-order valence-electron chi connectivity index (χ4n) is 1.63. The minimum Gasteiger partial charge on any atom is -0.416 e. The predicted molar refractivity (Wildman–Crippen MR) is 72.9 cm³/mol. The topological polar surface area (TPSA) is 38.9 Å². The van der Waals surface area contributed by atoms with Crippen LogP contribution in [-0.4, -0.2) is 10.2 Å². The highest BCUT2D eigenvalue weighted by Gasteiger charge is 2.09. The van der Waals surface area contributed by atoms with Crippen molar-refractivity contribution in [3.8, 4) is 22.9 Å². The molecule has 0 spiro atoms. The number of benzene rings is 2. The number of hydrogen-bond donors (Lipinski definition) is 0. The molecule has 0 amide bonds. The third-order valence-corrected chi connectivity index (χ3v) is 3.07. The Labute approximate surface area is 113 Å². The summed E-state index contributed by atoms with van der Waals surface area (Å²) in [6.45, 7) is 0. The fraction of sp³-hybridized carbons (Fsp3) is 0. The van der Waals surface area contributed by atoms with E-state index in [1.54, 1.807) is 0 Å². The average molecular weight is 301 g/mol. The van der Waals surface area contributed by atoms with Crippen LogP contribution in [0.4, 0.5) is 0 Å². The van der Waals surface area contributed by atoms with E-state index in [9.17, 15) is 0 Å². The first kappa shape index (κ1) is 11.2. The van der Waals surface area contributed by atoms with Crippen molar-refractivity contribution in [2.24, 2.45) is 0 Å². The van der Waals surface area contributed by atoms with Crippen LogP contribution in [0.3, 0.4) is 0 Å². The fourth-order valence-corrected chi connectivity index (χ4v) is 1.89. The summed E-state index contributed by atoms with van der Waals surface area (Å²) in [5, 5.41) is 8.12. The zero-order chi connectivity index (χ0) is 12.4. The molecular weight excluding hydrogens is 292 g/mol. The van der Waals surface area contributed by atoms with Crippen LogP contribution >= 0.6 is 15.9 Å². The smallest absolute Gasteiger partial charge is 0.248 e. The molecule has 0 atom stereocenters. The van der Waals surface area contributed by atoms with Crippen LogP contribution in [0.25, 0.3) is 22.9 Å². The Hall–Kier alpha value is -1.94. The van der Waals surface area contributed by atoms with Gasteiger partial charge in [0.15, 0.2) is 0 Å². The summed E-state index contributed by atoms with van der Waals surface area (Å²) in [4.78, 5) is 0. The van der Waals surface area contributed by atoms with Crippen molar-refractivity contribution in [1.82, 2.24) is 10.2 Å². The molecule has 18 heavy (non-hydrogen) atoms. The highest BCUT2D eigenvalue weighted by atomic mass is 79.9. The van der Waals surface area contributed by atoms with Crippen molar-refractivity contribution in [1.29, 1.82) is 0 Å². The van der Waals surface area contributed by atoms with E-state index in [4.69, 9.17) is 4.42 Å². The van der Waals surface area contributed by atoms with E-state index in [1.165, 1.54) is 0 Å². The minimum absolute atomic E-state index is 0.529. The van der Waals surface area contributed by atoms with Gasteiger partial charge in [-0.25, -0.2) is 0 Å². The van der Waals surface area contributed by atoms with E-state index in [-0.39, 0.29) is 0 Å². The van der Waals surface area contributed by atoms with Crippen molar-refractivity contribution in [2.45, 2.75) is 0 Å². The molecule has 0 saturated carbocycles. The summed E-state index contributed by atoms with van der Waals surface area (Å²) < 4.78 is 6.68. The number of hydrogen-bond acceptors (Lipinski definition) is 3. The van der Waals surface area contributed by atoms with E-state index in [2.05, 4.69) is 26.1 Å². The van der Waals surface area contributed by atoms with E-state index >= 15 is 0 Å². The third-order valence-electron chi connectivity index (χ3n) is 2.54. The average Bonchev–Trinajstić information content (AvgIpc) is 2.90. The lowest BCUT2D eigenvalue weighted by Gasteiger charge is -1.95. The second kappa shape index (κ2) is 4.74. The molecule has 3 aromatic rings. The monoisotopic (exact) mass is 300 g/mol. The minimum atomic E-state index is 0.529. The molecule has 0 bridgehead atoms. The van der Waals surface area contributed by atoms with Gasteiger partial charge in [-0.05, 0) is 36.4 Å². The first-order valence-corrected chi connectivity index (χ1v) is 6.27. The standard InChI is InChI=1S/C14H9BrN2O/c15-12-8-6-11(7-9-12)14-17-16-13(18-14)10-4-2-1-3-5-10/h1-9H. The summed E-state index contributed by atoms with van der Waals surface area (Å²) in [5.74, 6) is 1.06. The molecule has 0 radical (unpaired) electrons. The van der Waals surface area contributed by atoms with E-state index < -0.39 is 0 Å². The van der Waals surface area contributed by atoms with Crippen LogP contribution in [0.1, 0.15) is 0 Å². The molecule has 0 fully saturated rings. The van der Waals surface area contributed by atoms with Gasteiger partial charge in [-0.3, -0.25) is 0 Å². The molecule has 4 heteroatoms. The summed E-state index contributed by atoms with van der Waals surface area (Å²) in [6, 6.07) is 17.5. The number of aromatic nitrogens is 2. The van der Waals surface area contributed by atoms with Gasteiger partial charge in [0.1, 0.15) is 0 Å². The highest BCUT2D eigenvalue weighted by molar-refractivity contribution is 9.10. The molecule has 0 N–H and O–H groups in total. The van der Waals surface area contributed by atoms with Crippen molar-refractivity contribution in [2.75, 3.05) is 0 Å². The molecule has 1 heterocycles. The summed E-state index contributed by atoms with van der Waals surface area (Å²) >= 11 is 3.39. The second-order valence-corrected chi connectivity index (χ2v) is 4.70. The zero-order valence-electron chi connectivity index (χ0n) is 9.38. The molecule has 0 unspecified atom stereocenters. The van der Waals surface area contributed by atoms with Gasteiger partial charge in [-0.1, -0.05) is 34.1 Å². The summed E-state index contributed by atoms with van der Waals surface area (Å²) in [6.07, 6.45) is 0. The molecule has 0 aliphatic rings.